The molecule has 0 aliphatic carbocycles. The molecule has 1 aromatic rings. The van der Waals surface area contributed by atoms with E-state index in [-0.39, 0.29) is 11.9 Å². The van der Waals surface area contributed by atoms with Gasteiger partial charge in [-0.1, -0.05) is 25.0 Å². The Morgan fingerprint density at radius 1 is 0.846 bits per heavy atom. The van der Waals surface area contributed by atoms with Crippen LogP contribution in [0.3, 0.4) is 0 Å². The molecule has 0 radical (unpaired) electrons. The minimum Gasteiger partial charge on any atom is -0.497 e. The summed E-state index contributed by atoms with van der Waals surface area (Å²) in [4.78, 5) is 12.3. The van der Waals surface area contributed by atoms with Crippen LogP contribution >= 0.6 is 0 Å². The van der Waals surface area contributed by atoms with E-state index in [4.69, 9.17) is 4.74 Å². The summed E-state index contributed by atoms with van der Waals surface area (Å²) in [6.07, 6.45) is 5.40. The van der Waals surface area contributed by atoms with Crippen molar-refractivity contribution >= 4 is 5.91 Å². The summed E-state index contributed by atoms with van der Waals surface area (Å²) in [5.74, 6) is 0.910. The number of methoxy groups -OCH3 is 1. The molecule has 0 aromatic heterocycles. The van der Waals surface area contributed by atoms with E-state index in [0.717, 1.165) is 44.0 Å². The predicted molar refractivity (Wildman–Crippen MR) is 106 cm³/mol. The second-order valence-corrected chi connectivity index (χ2v) is 6.75. The van der Waals surface area contributed by atoms with Crippen molar-refractivity contribution in [3.63, 3.8) is 0 Å². The van der Waals surface area contributed by atoms with Crippen LogP contribution < -0.4 is 26.0 Å². The lowest BCUT2D eigenvalue weighted by atomic mass is 10.0. The van der Waals surface area contributed by atoms with Gasteiger partial charge in [0.15, 0.2) is 0 Å². The second kappa shape index (κ2) is 12.7. The van der Waals surface area contributed by atoms with Crippen LogP contribution in [-0.2, 0) is 4.79 Å². The van der Waals surface area contributed by atoms with Crippen molar-refractivity contribution in [2.75, 3.05) is 46.4 Å². The van der Waals surface area contributed by atoms with Gasteiger partial charge in [-0.15, -0.1) is 0 Å². The zero-order valence-electron chi connectivity index (χ0n) is 16.0. The first-order chi connectivity index (χ1) is 12.8. The first-order valence-corrected chi connectivity index (χ1v) is 9.85. The monoisotopic (exact) mass is 362 g/mol. The maximum absolute atomic E-state index is 12.3. The molecule has 0 spiro atoms. The lowest BCUT2D eigenvalue weighted by Crippen LogP contribution is -2.36. The van der Waals surface area contributed by atoms with Gasteiger partial charge in [0, 0.05) is 38.6 Å². The highest BCUT2D eigenvalue weighted by molar-refractivity contribution is 5.76. The summed E-state index contributed by atoms with van der Waals surface area (Å²) in [6, 6.07) is 7.95. The maximum atomic E-state index is 12.3. The number of rotatable bonds is 2. The van der Waals surface area contributed by atoms with Crippen LogP contribution in [0.5, 0.6) is 5.75 Å². The lowest BCUT2D eigenvalue weighted by molar-refractivity contribution is -0.121. The highest BCUT2D eigenvalue weighted by Crippen LogP contribution is 2.20. The number of hydrogen-bond donors (Lipinski definition) is 4. The molecule has 26 heavy (non-hydrogen) atoms. The molecule has 1 aromatic carbocycles. The summed E-state index contributed by atoms with van der Waals surface area (Å²) in [5, 5.41) is 13.4. The fourth-order valence-electron chi connectivity index (χ4n) is 3.13. The third-order valence-electron chi connectivity index (χ3n) is 4.68. The molecule has 146 valence electrons. The summed E-state index contributed by atoms with van der Waals surface area (Å²) in [7, 11) is 1.66. The standard InChI is InChI=1S/C20H34N4O2/c1-26-18-8-6-17(7-9-18)19-16-20(25)24-15-13-22-11-5-3-2-4-10-21-12-14-23-19/h6-9,19,21-23H,2-5,10-16H2,1H3,(H,24,25). The van der Waals surface area contributed by atoms with Crippen LogP contribution in [0.25, 0.3) is 0 Å². The van der Waals surface area contributed by atoms with E-state index in [2.05, 4.69) is 21.3 Å². The van der Waals surface area contributed by atoms with Crippen molar-refractivity contribution < 1.29 is 9.53 Å². The van der Waals surface area contributed by atoms with Crippen molar-refractivity contribution in [1.82, 2.24) is 21.3 Å². The molecule has 1 atom stereocenters. The summed E-state index contributed by atoms with van der Waals surface area (Å²) >= 11 is 0. The van der Waals surface area contributed by atoms with Gasteiger partial charge in [-0.25, -0.2) is 0 Å². The quantitative estimate of drug-likeness (QED) is 0.643. The van der Waals surface area contributed by atoms with Gasteiger partial charge in [0.2, 0.25) is 5.91 Å². The second-order valence-electron chi connectivity index (χ2n) is 6.75. The molecule has 1 fully saturated rings. The van der Waals surface area contributed by atoms with E-state index < -0.39 is 0 Å². The number of carbonyl (C=O) groups excluding carboxylic acids is 1. The van der Waals surface area contributed by atoms with Gasteiger partial charge in [-0.05, 0) is 43.6 Å². The Labute approximate surface area is 157 Å². The molecule has 2 rings (SSSR count). The van der Waals surface area contributed by atoms with E-state index >= 15 is 0 Å². The SMILES string of the molecule is COc1ccc(C2CC(=O)NCCNCCCCCCNCCN2)cc1. The van der Waals surface area contributed by atoms with Gasteiger partial charge >= 0.3 is 0 Å². The van der Waals surface area contributed by atoms with Gasteiger partial charge in [0.1, 0.15) is 5.75 Å². The van der Waals surface area contributed by atoms with Crippen LogP contribution in [0, 0.1) is 0 Å². The maximum Gasteiger partial charge on any atom is 0.221 e. The van der Waals surface area contributed by atoms with Crippen molar-refractivity contribution in [3.05, 3.63) is 29.8 Å². The molecule has 1 heterocycles. The fourth-order valence-corrected chi connectivity index (χ4v) is 3.13. The minimum atomic E-state index is 0.00588. The number of nitrogens with one attached hydrogen (secondary N) is 4. The molecular formula is C20H34N4O2. The lowest BCUT2D eigenvalue weighted by Gasteiger charge is -2.20. The van der Waals surface area contributed by atoms with Gasteiger partial charge in [-0.3, -0.25) is 4.79 Å². The molecule has 0 saturated carbocycles. The molecule has 0 bridgehead atoms. The third-order valence-corrected chi connectivity index (χ3v) is 4.68. The number of benzene rings is 1. The van der Waals surface area contributed by atoms with E-state index in [1.54, 1.807) is 7.11 Å². The molecule has 1 unspecified atom stereocenters. The van der Waals surface area contributed by atoms with E-state index in [1.165, 1.54) is 25.7 Å². The highest BCUT2D eigenvalue weighted by atomic mass is 16.5. The zero-order valence-corrected chi connectivity index (χ0v) is 16.0. The summed E-state index contributed by atoms with van der Waals surface area (Å²) < 4.78 is 5.23. The predicted octanol–water partition coefficient (Wildman–Crippen LogP) is 1.59. The topological polar surface area (TPSA) is 74.4 Å². The Kier molecular flexibility index (Phi) is 10.1. The van der Waals surface area contributed by atoms with Crippen LogP contribution in [0.2, 0.25) is 0 Å². The largest absolute Gasteiger partial charge is 0.497 e. The number of carbonyl (C=O) groups is 1. The Bertz CT molecular complexity index is 507. The van der Waals surface area contributed by atoms with Crippen LogP contribution in [0.15, 0.2) is 24.3 Å². The first kappa shape index (κ1) is 20.7. The average Bonchev–Trinajstić information content (AvgIpc) is 2.67. The van der Waals surface area contributed by atoms with Crippen molar-refractivity contribution in [2.24, 2.45) is 0 Å². The molecule has 6 nitrogen and oxygen atoms in total. The van der Waals surface area contributed by atoms with E-state index in [1.807, 2.05) is 24.3 Å². The van der Waals surface area contributed by atoms with Crippen molar-refractivity contribution in [3.8, 4) is 5.75 Å². The van der Waals surface area contributed by atoms with Gasteiger partial charge < -0.3 is 26.0 Å². The molecule has 1 aliphatic heterocycles. The molecule has 6 heteroatoms. The van der Waals surface area contributed by atoms with Gasteiger partial charge in [0.05, 0.1) is 7.11 Å². The van der Waals surface area contributed by atoms with E-state index in [9.17, 15) is 4.79 Å². The van der Waals surface area contributed by atoms with Crippen LogP contribution in [-0.4, -0.2) is 52.3 Å². The summed E-state index contributed by atoms with van der Waals surface area (Å²) in [5.41, 5.74) is 1.11. The first-order valence-electron chi connectivity index (χ1n) is 9.85. The molecular weight excluding hydrogens is 328 g/mol. The molecule has 1 aliphatic rings. The molecule has 1 saturated heterocycles. The minimum absolute atomic E-state index is 0.00588. The Hall–Kier alpha value is -1.63. The number of ether oxygens (including phenoxy) is 1. The normalized spacial score (nSPS) is 22.2. The smallest absolute Gasteiger partial charge is 0.221 e. The summed E-state index contributed by atoms with van der Waals surface area (Å²) in [6.45, 7) is 5.34. The van der Waals surface area contributed by atoms with Gasteiger partial charge in [-0.2, -0.15) is 0 Å². The van der Waals surface area contributed by atoms with Crippen molar-refractivity contribution in [2.45, 2.75) is 38.1 Å². The third kappa shape index (κ3) is 8.17. The highest BCUT2D eigenvalue weighted by Gasteiger charge is 2.15. The fraction of sp³-hybridized carbons (Fsp3) is 0.650. The van der Waals surface area contributed by atoms with Crippen LogP contribution in [0.1, 0.15) is 43.7 Å². The zero-order chi connectivity index (χ0) is 18.5. The molecule has 1 amide bonds. The van der Waals surface area contributed by atoms with E-state index in [0.29, 0.717) is 13.0 Å². The number of hydrogen-bond acceptors (Lipinski definition) is 5. The van der Waals surface area contributed by atoms with Crippen LogP contribution in [0.4, 0.5) is 0 Å². The Morgan fingerprint density at radius 3 is 2.15 bits per heavy atom. The van der Waals surface area contributed by atoms with Crippen molar-refractivity contribution in [1.29, 1.82) is 0 Å². The Morgan fingerprint density at radius 2 is 1.50 bits per heavy atom. The Balaban J connectivity index is 1.92. The number of amides is 1. The molecule has 4 N–H and O–H groups in total. The average molecular weight is 363 g/mol. The van der Waals surface area contributed by atoms with Gasteiger partial charge in [0.25, 0.3) is 0 Å².